The maximum absolute atomic E-state index is 13.6. The smallest absolute Gasteiger partial charge is 0.351 e. The SMILES string of the molecule is O=C(c1cc2ccccc2[nH]1)N(CC1CCN(C2(Cc3cccc(F)c3)CC2)CC1)CC(F)(F)F. The van der Waals surface area contributed by atoms with E-state index in [2.05, 4.69) is 9.88 Å². The van der Waals surface area contributed by atoms with E-state index in [0.29, 0.717) is 0 Å². The predicted molar refractivity (Wildman–Crippen MR) is 127 cm³/mol. The fourth-order valence-electron chi connectivity index (χ4n) is 5.47. The summed E-state index contributed by atoms with van der Waals surface area (Å²) in [5, 5.41) is 0.796. The van der Waals surface area contributed by atoms with Crippen molar-refractivity contribution in [3.63, 3.8) is 0 Å². The molecule has 186 valence electrons. The van der Waals surface area contributed by atoms with Crippen LogP contribution in [0.1, 0.15) is 41.7 Å². The number of benzene rings is 2. The number of alkyl halides is 3. The number of carbonyl (C=O) groups is 1. The van der Waals surface area contributed by atoms with Crippen molar-refractivity contribution in [3.05, 3.63) is 71.7 Å². The molecule has 1 aliphatic carbocycles. The molecule has 2 heterocycles. The van der Waals surface area contributed by atoms with Crippen molar-refractivity contribution >= 4 is 16.8 Å². The molecule has 35 heavy (non-hydrogen) atoms. The Balaban J connectivity index is 1.23. The third-order valence-electron chi connectivity index (χ3n) is 7.43. The van der Waals surface area contributed by atoms with Crippen LogP contribution >= 0.6 is 0 Å². The first-order valence-electron chi connectivity index (χ1n) is 12.1. The number of nitrogens with zero attached hydrogens (tertiary/aromatic N) is 2. The molecule has 1 aliphatic heterocycles. The molecule has 0 radical (unpaired) electrons. The van der Waals surface area contributed by atoms with E-state index in [4.69, 9.17) is 0 Å². The Morgan fingerprint density at radius 1 is 1.06 bits per heavy atom. The van der Waals surface area contributed by atoms with Crippen LogP contribution in [0.15, 0.2) is 54.6 Å². The number of halogens is 4. The van der Waals surface area contributed by atoms with Gasteiger partial charge in [0, 0.05) is 23.0 Å². The highest BCUT2D eigenvalue weighted by molar-refractivity contribution is 5.98. The number of piperidine rings is 1. The number of H-pyrrole nitrogens is 1. The number of fused-ring (bicyclic) bond motifs is 1. The summed E-state index contributed by atoms with van der Waals surface area (Å²) < 4.78 is 53.7. The van der Waals surface area contributed by atoms with E-state index >= 15 is 0 Å². The van der Waals surface area contributed by atoms with Crippen LogP contribution in [0.25, 0.3) is 10.9 Å². The fourth-order valence-corrected chi connectivity index (χ4v) is 5.47. The number of aromatic nitrogens is 1. The zero-order valence-electron chi connectivity index (χ0n) is 19.5. The molecule has 1 N–H and O–H groups in total. The zero-order valence-corrected chi connectivity index (χ0v) is 19.5. The summed E-state index contributed by atoms with van der Waals surface area (Å²) in [6, 6.07) is 15.6. The molecule has 1 saturated heterocycles. The van der Waals surface area contributed by atoms with Gasteiger partial charge in [-0.15, -0.1) is 0 Å². The Hall–Kier alpha value is -2.87. The molecule has 1 amide bonds. The van der Waals surface area contributed by atoms with Gasteiger partial charge in [0.1, 0.15) is 18.1 Å². The van der Waals surface area contributed by atoms with E-state index in [1.165, 1.54) is 6.07 Å². The Labute approximate surface area is 201 Å². The van der Waals surface area contributed by atoms with E-state index in [-0.39, 0.29) is 29.5 Å². The third-order valence-corrected chi connectivity index (χ3v) is 7.43. The van der Waals surface area contributed by atoms with E-state index in [9.17, 15) is 22.4 Å². The molecular weight excluding hydrogens is 458 g/mol. The minimum atomic E-state index is -4.47. The van der Waals surface area contributed by atoms with Crippen molar-refractivity contribution in [2.24, 2.45) is 5.92 Å². The van der Waals surface area contributed by atoms with Crippen LogP contribution < -0.4 is 0 Å². The normalized spacial score (nSPS) is 18.6. The van der Waals surface area contributed by atoms with Gasteiger partial charge >= 0.3 is 6.18 Å². The number of nitrogens with one attached hydrogen (secondary N) is 1. The Morgan fingerprint density at radius 3 is 2.46 bits per heavy atom. The Kier molecular flexibility index (Phi) is 6.34. The van der Waals surface area contributed by atoms with E-state index in [0.717, 1.165) is 66.6 Å². The molecule has 4 nitrogen and oxygen atoms in total. The van der Waals surface area contributed by atoms with Crippen molar-refractivity contribution in [1.29, 1.82) is 0 Å². The first kappa shape index (κ1) is 23.9. The number of rotatable bonds is 7. The Bertz CT molecular complexity index is 1160. The van der Waals surface area contributed by atoms with Crippen molar-refractivity contribution in [1.82, 2.24) is 14.8 Å². The first-order chi connectivity index (χ1) is 16.7. The highest BCUT2D eigenvalue weighted by Gasteiger charge is 2.48. The number of likely N-dealkylation sites (tertiary alicyclic amines) is 1. The largest absolute Gasteiger partial charge is 0.406 e. The van der Waals surface area contributed by atoms with Crippen LogP contribution in [0.2, 0.25) is 0 Å². The van der Waals surface area contributed by atoms with Gasteiger partial charge in [-0.1, -0.05) is 30.3 Å². The molecule has 3 aromatic rings. The van der Waals surface area contributed by atoms with Gasteiger partial charge in [0.05, 0.1) is 0 Å². The van der Waals surface area contributed by atoms with Gasteiger partial charge in [-0.25, -0.2) is 4.39 Å². The molecule has 0 unspecified atom stereocenters. The van der Waals surface area contributed by atoms with Gasteiger partial charge in [-0.3, -0.25) is 9.69 Å². The molecule has 0 spiro atoms. The van der Waals surface area contributed by atoms with Gasteiger partial charge in [0.2, 0.25) is 0 Å². The number of hydrogen-bond donors (Lipinski definition) is 1. The van der Waals surface area contributed by atoms with E-state index < -0.39 is 18.6 Å². The highest BCUT2D eigenvalue weighted by Crippen LogP contribution is 2.46. The molecule has 1 aromatic heterocycles. The number of amides is 1. The molecule has 2 aliphatic rings. The average Bonchev–Trinajstić information content (AvgIpc) is 3.45. The average molecular weight is 488 g/mol. The lowest BCUT2D eigenvalue weighted by atomic mass is 9.92. The molecule has 8 heteroatoms. The van der Waals surface area contributed by atoms with E-state index in [1.54, 1.807) is 24.3 Å². The van der Waals surface area contributed by atoms with Crippen LogP contribution in [0, 0.1) is 11.7 Å². The van der Waals surface area contributed by atoms with Crippen LogP contribution in [-0.2, 0) is 6.42 Å². The molecule has 1 saturated carbocycles. The lowest BCUT2D eigenvalue weighted by Crippen LogP contribution is -2.48. The van der Waals surface area contributed by atoms with Crippen LogP contribution in [0.3, 0.4) is 0 Å². The quantitative estimate of drug-likeness (QED) is 0.428. The zero-order chi connectivity index (χ0) is 24.6. The summed E-state index contributed by atoms with van der Waals surface area (Å²) in [7, 11) is 0. The summed E-state index contributed by atoms with van der Waals surface area (Å²) in [6.07, 6.45) is -0.112. The van der Waals surface area contributed by atoms with Crippen molar-refractivity contribution in [3.8, 4) is 0 Å². The van der Waals surface area contributed by atoms with Gasteiger partial charge in [0.15, 0.2) is 0 Å². The summed E-state index contributed by atoms with van der Waals surface area (Å²) >= 11 is 0. The number of aromatic amines is 1. The number of hydrogen-bond acceptors (Lipinski definition) is 2. The topological polar surface area (TPSA) is 39.3 Å². The maximum atomic E-state index is 13.6. The fraction of sp³-hybridized carbons (Fsp3) is 0.444. The first-order valence-corrected chi connectivity index (χ1v) is 12.1. The van der Waals surface area contributed by atoms with Crippen molar-refractivity contribution < 1.29 is 22.4 Å². The summed E-state index contributed by atoms with van der Waals surface area (Å²) in [5.41, 5.74) is 1.92. The van der Waals surface area contributed by atoms with Crippen LogP contribution in [0.5, 0.6) is 0 Å². The molecular formula is C27H29F4N3O. The van der Waals surface area contributed by atoms with Crippen LogP contribution in [-0.4, -0.2) is 58.6 Å². The molecule has 2 fully saturated rings. The third kappa shape index (κ3) is 5.53. The predicted octanol–water partition coefficient (Wildman–Crippen LogP) is 5.80. The van der Waals surface area contributed by atoms with Gasteiger partial charge in [-0.05, 0) is 80.9 Å². The molecule has 0 atom stereocenters. The second kappa shape index (κ2) is 9.30. The lowest BCUT2D eigenvalue weighted by molar-refractivity contribution is -0.142. The van der Waals surface area contributed by atoms with Gasteiger partial charge in [0.25, 0.3) is 5.91 Å². The van der Waals surface area contributed by atoms with Crippen molar-refractivity contribution in [2.75, 3.05) is 26.2 Å². The monoisotopic (exact) mass is 487 g/mol. The minimum Gasteiger partial charge on any atom is -0.351 e. The molecule has 2 aromatic carbocycles. The van der Waals surface area contributed by atoms with Crippen LogP contribution in [0.4, 0.5) is 17.6 Å². The number of para-hydroxylation sites is 1. The highest BCUT2D eigenvalue weighted by atomic mass is 19.4. The summed E-state index contributed by atoms with van der Waals surface area (Å²) in [5.74, 6) is -0.848. The summed E-state index contributed by atoms with van der Waals surface area (Å²) in [6.45, 7) is 0.379. The standard InChI is InChI=1S/C27H29F4N3O/c28-22-6-3-4-20(14-22)16-26(10-11-26)34-12-8-19(9-13-34)17-33(18-27(29,30)31)25(35)24-15-21-5-1-2-7-23(21)32-24/h1-7,14-15,19,32H,8-13,16-18H2. The van der Waals surface area contributed by atoms with Gasteiger partial charge < -0.3 is 9.88 Å². The Morgan fingerprint density at radius 2 is 1.80 bits per heavy atom. The van der Waals surface area contributed by atoms with E-state index in [1.807, 2.05) is 24.3 Å². The minimum absolute atomic E-state index is 0.00639. The molecule has 5 rings (SSSR count). The number of carbonyl (C=O) groups excluding carboxylic acids is 1. The molecule has 0 bridgehead atoms. The second-order valence-corrected chi connectivity index (χ2v) is 10.0. The van der Waals surface area contributed by atoms with Gasteiger partial charge in [-0.2, -0.15) is 13.2 Å². The van der Waals surface area contributed by atoms with Crippen molar-refractivity contribution in [2.45, 2.75) is 43.8 Å². The maximum Gasteiger partial charge on any atom is 0.406 e. The summed E-state index contributed by atoms with van der Waals surface area (Å²) in [4.78, 5) is 19.4. The second-order valence-electron chi connectivity index (χ2n) is 10.0. The lowest BCUT2D eigenvalue weighted by Gasteiger charge is -2.39.